The van der Waals surface area contributed by atoms with E-state index < -0.39 is 0 Å². The molecule has 30 heavy (non-hydrogen) atoms. The predicted molar refractivity (Wildman–Crippen MR) is 118 cm³/mol. The van der Waals surface area contributed by atoms with Crippen LogP contribution in [-0.2, 0) is 13.0 Å². The first-order valence-corrected chi connectivity index (χ1v) is 13.6. The van der Waals surface area contributed by atoms with E-state index in [9.17, 15) is 0 Å². The van der Waals surface area contributed by atoms with Crippen molar-refractivity contribution in [2.75, 3.05) is 32.7 Å². The molecule has 4 rings (SSSR count). The molecule has 0 amide bonds. The fourth-order valence-corrected chi connectivity index (χ4v) is 8.16. The molecule has 1 fully saturated rings. The summed E-state index contributed by atoms with van der Waals surface area (Å²) in [7, 11) is 0. The maximum absolute atomic E-state index is 5.80. The van der Waals surface area contributed by atoms with Gasteiger partial charge in [0.15, 0.2) is 0 Å². The summed E-state index contributed by atoms with van der Waals surface area (Å²) in [4.78, 5) is 7.46. The Hall–Kier alpha value is -1.06. The SMILES string of the molecule is NCCCCN([I-][C@@H]1CN(Cc2ccccc2)CCN1)[C@H]1CCCc2cccnc21. The topological polar surface area (TPSA) is 57.4 Å². The Kier molecular flexibility index (Phi) is 8.51. The van der Waals surface area contributed by atoms with Gasteiger partial charge in [-0.2, -0.15) is 0 Å². The van der Waals surface area contributed by atoms with E-state index >= 15 is 0 Å². The van der Waals surface area contributed by atoms with Gasteiger partial charge in [-0.05, 0) is 0 Å². The number of unbranched alkanes of at least 4 members (excludes halogenated alkanes) is 1. The third-order valence-electron chi connectivity index (χ3n) is 6.03. The third kappa shape index (κ3) is 6.01. The van der Waals surface area contributed by atoms with Crippen molar-refractivity contribution >= 4 is 0 Å². The van der Waals surface area contributed by atoms with Gasteiger partial charge in [0, 0.05) is 0 Å². The average molecular weight is 520 g/mol. The molecule has 0 bridgehead atoms. The van der Waals surface area contributed by atoms with E-state index in [0.29, 0.717) is 10.1 Å². The van der Waals surface area contributed by atoms with E-state index in [1.165, 1.54) is 42.5 Å². The van der Waals surface area contributed by atoms with Crippen molar-refractivity contribution < 1.29 is 21.5 Å². The van der Waals surface area contributed by atoms with Gasteiger partial charge in [0.05, 0.1) is 0 Å². The van der Waals surface area contributed by atoms with Crippen molar-refractivity contribution in [1.29, 1.82) is 0 Å². The summed E-state index contributed by atoms with van der Waals surface area (Å²) in [5.74, 6) is 0. The van der Waals surface area contributed by atoms with Gasteiger partial charge in [0.2, 0.25) is 0 Å². The number of hydrogen-bond donors (Lipinski definition) is 2. The van der Waals surface area contributed by atoms with Crippen molar-refractivity contribution in [3.05, 3.63) is 65.5 Å². The number of benzene rings is 1. The fraction of sp³-hybridized carbons (Fsp3) is 0.542. The van der Waals surface area contributed by atoms with Crippen LogP contribution < -0.4 is 32.5 Å². The van der Waals surface area contributed by atoms with Crippen molar-refractivity contribution in [3.8, 4) is 0 Å². The second-order valence-electron chi connectivity index (χ2n) is 8.31. The molecule has 1 aliphatic heterocycles. The molecule has 1 aromatic carbocycles. The van der Waals surface area contributed by atoms with Crippen LogP contribution in [0.2, 0.25) is 0 Å². The zero-order valence-corrected chi connectivity index (χ0v) is 20.0. The number of aryl methyl sites for hydroxylation is 1. The molecule has 164 valence electrons. The van der Waals surface area contributed by atoms with E-state index in [4.69, 9.17) is 10.7 Å². The van der Waals surface area contributed by atoms with Crippen molar-refractivity contribution in [3.63, 3.8) is 0 Å². The van der Waals surface area contributed by atoms with Crippen molar-refractivity contribution in [1.82, 2.24) is 18.3 Å². The minimum absolute atomic E-state index is 0.135. The first-order valence-electron chi connectivity index (χ1n) is 11.4. The molecular weight excluding hydrogens is 485 g/mol. The number of aromatic nitrogens is 1. The van der Waals surface area contributed by atoms with Crippen LogP contribution in [0.3, 0.4) is 0 Å². The number of alkyl halides is 1. The minimum atomic E-state index is -0.135. The Morgan fingerprint density at radius 1 is 1.17 bits per heavy atom. The Labute approximate surface area is 192 Å². The van der Waals surface area contributed by atoms with Crippen LogP contribution in [0.4, 0.5) is 0 Å². The summed E-state index contributed by atoms with van der Waals surface area (Å²) in [6.45, 7) is 6.38. The molecule has 5 nitrogen and oxygen atoms in total. The van der Waals surface area contributed by atoms with Crippen LogP contribution in [0.25, 0.3) is 0 Å². The fourth-order valence-electron chi connectivity index (χ4n) is 4.50. The van der Waals surface area contributed by atoms with Gasteiger partial charge in [-0.1, -0.05) is 0 Å². The van der Waals surface area contributed by atoms with E-state index in [0.717, 1.165) is 45.7 Å². The molecule has 3 N–H and O–H groups in total. The van der Waals surface area contributed by atoms with E-state index in [2.05, 4.69) is 55.8 Å². The summed E-state index contributed by atoms with van der Waals surface area (Å²) >= 11 is -0.135. The molecule has 6 heteroatoms. The van der Waals surface area contributed by atoms with Crippen LogP contribution in [0, 0.1) is 0 Å². The Balaban J connectivity index is 1.43. The molecule has 2 atom stereocenters. The second kappa shape index (κ2) is 11.5. The summed E-state index contributed by atoms with van der Waals surface area (Å²) in [6, 6.07) is 15.8. The van der Waals surface area contributed by atoms with Crippen LogP contribution in [0.15, 0.2) is 48.7 Å². The number of pyridine rings is 1. The van der Waals surface area contributed by atoms with E-state index in [-0.39, 0.29) is 21.5 Å². The quantitative estimate of drug-likeness (QED) is 0.160. The molecule has 0 saturated carbocycles. The molecule has 0 unspecified atom stereocenters. The van der Waals surface area contributed by atoms with Crippen molar-refractivity contribution in [2.45, 2.75) is 48.7 Å². The van der Waals surface area contributed by atoms with Crippen LogP contribution >= 0.6 is 0 Å². The molecule has 2 aliphatic rings. The van der Waals surface area contributed by atoms with Gasteiger partial charge in [-0.3, -0.25) is 0 Å². The molecular formula is C24H35IN5-. The predicted octanol–water partition coefficient (Wildman–Crippen LogP) is -0.0646. The maximum atomic E-state index is 5.80. The second-order valence-corrected chi connectivity index (χ2v) is 11.6. The first kappa shape index (κ1) is 22.1. The monoisotopic (exact) mass is 520 g/mol. The van der Waals surface area contributed by atoms with Gasteiger partial charge in [0.25, 0.3) is 0 Å². The van der Waals surface area contributed by atoms with Gasteiger partial charge < -0.3 is 0 Å². The number of piperazine rings is 1. The molecule has 1 aliphatic carbocycles. The third-order valence-corrected chi connectivity index (χ3v) is 9.41. The van der Waals surface area contributed by atoms with Crippen LogP contribution in [-0.4, -0.2) is 49.8 Å². The summed E-state index contributed by atoms with van der Waals surface area (Å²) in [6.07, 6.45) is 7.98. The summed E-state index contributed by atoms with van der Waals surface area (Å²) in [5, 5.41) is 3.84. The molecule has 2 aromatic rings. The molecule has 0 radical (unpaired) electrons. The number of nitrogens with two attached hydrogens (primary N) is 1. The van der Waals surface area contributed by atoms with Crippen molar-refractivity contribution in [2.24, 2.45) is 5.73 Å². The van der Waals surface area contributed by atoms with Crippen LogP contribution in [0.1, 0.15) is 48.5 Å². The van der Waals surface area contributed by atoms with E-state index in [1.807, 2.05) is 6.20 Å². The Morgan fingerprint density at radius 2 is 2.07 bits per heavy atom. The Morgan fingerprint density at radius 3 is 2.93 bits per heavy atom. The molecule has 1 saturated heterocycles. The zero-order valence-electron chi connectivity index (χ0n) is 17.8. The number of fused-ring (bicyclic) bond motifs is 1. The van der Waals surface area contributed by atoms with Gasteiger partial charge >= 0.3 is 192 Å². The number of nitrogens with zero attached hydrogens (tertiary/aromatic N) is 3. The molecule has 2 heterocycles. The number of rotatable bonds is 9. The number of halogens is 1. The van der Waals surface area contributed by atoms with Gasteiger partial charge in [0.1, 0.15) is 0 Å². The molecule has 1 aromatic heterocycles. The van der Waals surface area contributed by atoms with Crippen LogP contribution in [0.5, 0.6) is 0 Å². The average Bonchev–Trinajstić information content (AvgIpc) is 2.79. The Bertz CT molecular complexity index is 771. The summed E-state index contributed by atoms with van der Waals surface area (Å²) in [5.41, 5.74) is 10.0. The number of nitrogens with one attached hydrogen (secondary N) is 1. The number of hydrogen-bond acceptors (Lipinski definition) is 5. The molecule has 0 spiro atoms. The van der Waals surface area contributed by atoms with Gasteiger partial charge in [-0.15, -0.1) is 0 Å². The summed E-state index contributed by atoms with van der Waals surface area (Å²) < 4.78 is 3.41. The zero-order chi connectivity index (χ0) is 20.6. The normalized spacial score (nSPS) is 22.3. The van der Waals surface area contributed by atoms with E-state index in [1.54, 1.807) is 0 Å². The standard InChI is InChI=1S/C24H35IN5/c26-13-4-5-16-30(22-12-6-10-21-11-7-14-28-24(21)22)25-23-19-29(17-15-27-23)18-20-8-2-1-3-9-20/h1-3,7-9,11,14,22-23,27H,4-6,10,12-13,15-19,26H2/q-1/t22-,23-/m0/s1. The van der Waals surface area contributed by atoms with Gasteiger partial charge in [-0.25, -0.2) is 0 Å². The first-order chi connectivity index (χ1) is 14.8.